The van der Waals surface area contributed by atoms with E-state index in [0.717, 1.165) is 83.9 Å². The zero-order valence-electron chi connectivity index (χ0n) is 39.0. The van der Waals surface area contributed by atoms with E-state index in [1.54, 1.807) is 36.1 Å². The van der Waals surface area contributed by atoms with Crippen LogP contribution in [0.25, 0.3) is 11.1 Å². The minimum absolute atomic E-state index is 0.0106. The number of nitrogens with zero attached hydrogens (tertiary/aromatic N) is 6. The van der Waals surface area contributed by atoms with E-state index < -0.39 is 5.97 Å². The Bertz CT molecular complexity index is 2670. The van der Waals surface area contributed by atoms with Gasteiger partial charge in [-0.25, -0.2) is 0 Å². The van der Waals surface area contributed by atoms with E-state index in [1.165, 1.54) is 12.8 Å². The highest BCUT2D eigenvalue weighted by atomic mass is 16.5. The first-order chi connectivity index (χ1) is 32.5. The maximum absolute atomic E-state index is 14.1. The first-order valence-corrected chi connectivity index (χ1v) is 23.2. The van der Waals surface area contributed by atoms with Gasteiger partial charge in [0.25, 0.3) is 11.8 Å². The van der Waals surface area contributed by atoms with Gasteiger partial charge in [0, 0.05) is 100 Å². The van der Waals surface area contributed by atoms with Crippen LogP contribution in [0.15, 0.2) is 90.2 Å². The first kappa shape index (κ1) is 45.2. The number of hydrogen-bond acceptors (Lipinski definition) is 11. The van der Waals surface area contributed by atoms with Crippen molar-refractivity contribution in [3.8, 4) is 17.2 Å². The molecule has 9 rings (SSSR count). The molecule has 0 unspecified atom stereocenters. The van der Waals surface area contributed by atoms with Gasteiger partial charge in [-0.05, 0) is 109 Å². The number of piperazine rings is 1. The molecule has 0 bridgehead atoms. The van der Waals surface area contributed by atoms with Crippen LogP contribution in [-0.2, 0) is 20.7 Å². The maximum atomic E-state index is 14.1. The van der Waals surface area contributed by atoms with Crippen LogP contribution in [0.2, 0.25) is 0 Å². The summed E-state index contributed by atoms with van der Waals surface area (Å²) in [5.74, 6) is 0.933. The quantitative estimate of drug-likeness (QED) is 0.0917. The smallest absolute Gasteiger partial charge is 0.306 e. The van der Waals surface area contributed by atoms with Crippen molar-refractivity contribution >= 4 is 58.1 Å². The molecule has 14 heteroatoms. The van der Waals surface area contributed by atoms with Gasteiger partial charge in [0.2, 0.25) is 5.91 Å². The Morgan fingerprint density at radius 3 is 2.27 bits per heavy atom. The molecule has 4 aromatic carbocycles. The van der Waals surface area contributed by atoms with Crippen LogP contribution < -0.4 is 24.0 Å². The molecule has 5 aliphatic heterocycles. The molecule has 0 radical (unpaired) electrons. The zero-order chi connectivity index (χ0) is 46.8. The summed E-state index contributed by atoms with van der Waals surface area (Å²) in [6, 6.07) is 23.7. The summed E-state index contributed by atoms with van der Waals surface area (Å²) >= 11 is 0. The minimum Gasteiger partial charge on any atom is -0.493 e. The fraction of sp³-hybridized carbons (Fsp3) is 0.377. The Hall–Kier alpha value is -6.93. The Morgan fingerprint density at radius 2 is 1.51 bits per heavy atom. The standard InChI is InChI=1S/C53H58N6O8/c1-34-24-44-37(12-15-42-26-39(33-58(42)52(44)62)36-8-6-9-41(25-36)56(3)50(60)16-17-51(61)65-5)28-47(34)66-22-7-23-67-49-30-46-45(29-48(49)64-4)53(63)59-32-38(27-43(59)31-54-46)35-10-13-40(14-11-35)57-20-18-55(2)19-21-57/h6,8-11,13-14,24-25,28-33,42-43H,7,12,15-23,26-27H2,1-5H3/t42-,43+/m1/s1. The van der Waals surface area contributed by atoms with Crippen molar-refractivity contribution in [1.29, 1.82) is 0 Å². The van der Waals surface area contributed by atoms with Gasteiger partial charge in [0.15, 0.2) is 11.5 Å². The Morgan fingerprint density at radius 1 is 0.776 bits per heavy atom. The van der Waals surface area contributed by atoms with E-state index in [-0.39, 0.29) is 42.6 Å². The van der Waals surface area contributed by atoms with Crippen LogP contribution in [0.1, 0.15) is 81.5 Å². The lowest BCUT2D eigenvalue weighted by molar-refractivity contribution is -0.141. The van der Waals surface area contributed by atoms with E-state index in [1.807, 2.05) is 66.8 Å². The van der Waals surface area contributed by atoms with Gasteiger partial charge >= 0.3 is 5.97 Å². The molecule has 4 aromatic rings. The number of anilines is 2. The molecule has 0 aliphatic carbocycles. The van der Waals surface area contributed by atoms with Gasteiger partial charge in [0.1, 0.15) is 5.75 Å². The average molecular weight is 907 g/mol. The van der Waals surface area contributed by atoms with Crippen molar-refractivity contribution in [2.45, 2.75) is 64.0 Å². The van der Waals surface area contributed by atoms with Gasteiger partial charge in [-0.3, -0.25) is 24.2 Å². The second-order valence-electron chi connectivity index (χ2n) is 17.9. The van der Waals surface area contributed by atoms with Gasteiger partial charge in [-0.15, -0.1) is 0 Å². The Labute approximate surface area is 392 Å². The summed E-state index contributed by atoms with van der Waals surface area (Å²) in [6.45, 7) is 6.84. The second kappa shape index (κ2) is 19.5. The molecule has 0 spiro atoms. The Balaban J connectivity index is 0.793. The van der Waals surface area contributed by atoms with E-state index in [4.69, 9.17) is 19.2 Å². The number of methoxy groups -OCH3 is 2. The molecular formula is C53H58N6O8. The third-order valence-electron chi connectivity index (χ3n) is 13.6. The topological polar surface area (TPSA) is 134 Å². The monoisotopic (exact) mass is 906 g/mol. The lowest BCUT2D eigenvalue weighted by Crippen LogP contribution is -2.44. The molecule has 0 saturated carbocycles. The number of carbonyl (C=O) groups is 4. The van der Waals surface area contributed by atoms with Crippen molar-refractivity contribution < 1.29 is 38.1 Å². The molecule has 5 aliphatic rings. The number of benzene rings is 4. The largest absolute Gasteiger partial charge is 0.493 e. The minimum atomic E-state index is -0.422. The van der Waals surface area contributed by atoms with Gasteiger partial charge in [0.05, 0.1) is 51.1 Å². The maximum Gasteiger partial charge on any atom is 0.306 e. The van der Waals surface area contributed by atoms with Crippen LogP contribution in [0.3, 0.4) is 0 Å². The van der Waals surface area contributed by atoms with Gasteiger partial charge in [-0.2, -0.15) is 0 Å². The summed E-state index contributed by atoms with van der Waals surface area (Å²) in [4.78, 5) is 67.1. The SMILES string of the molecule is COC(=O)CCC(=O)N(C)c1cccc(C2=CN3C(=O)c4cc(C)c(OCCCOc5cc6c(cc5OC)C(=O)N5C=C(c7ccc(N8CCN(C)CC8)cc7)C[C@H]5C=N6)cc4CC[C@@H]3C2)c1. The molecule has 1 fully saturated rings. The van der Waals surface area contributed by atoms with E-state index >= 15 is 0 Å². The van der Waals surface area contributed by atoms with Crippen LogP contribution in [0.4, 0.5) is 17.1 Å². The molecule has 0 N–H and O–H groups in total. The van der Waals surface area contributed by atoms with E-state index in [9.17, 15) is 19.2 Å². The predicted molar refractivity (Wildman–Crippen MR) is 259 cm³/mol. The molecule has 2 atom stereocenters. The van der Waals surface area contributed by atoms with E-state index in [0.29, 0.717) is 60.8 Å². The molecule has 14 nitrogen and oxygen atoms in total. The Kier molecular flexibility index (Phi) is 13.2. The summed E-state index contributed by atoms with van der Waals surface area (Å²) in [5, 5.41) is 0. The molecule has 1 saturated heterocycles. The second-order valence-corrected chi connectivity index (χ2v) is 17.9. The molecule has 67 heavy (non-hydrogen) atoms. The van der Waals surface area contributed by atoms with Crippen molar-refractivity contribution in [2.75, 3.05) is 77.5 Å². The molecule has 5 heterocycles. The summed E-state index contributed by atoms with van der Waals surface area (Å²) in [5.41, 5.74) is 9.65. The molecular weight excluding hydrogens is 849 g/mol. The normalized spacial score (nSPS) is 18.8. The summed E-state index contributed by atoms with van der Waals surface area (Å²) in [6.07, 6.45) is 9.33. The molecule has 348 valence electrons. The third-order valence-corrected chi connectivity index (χ3v) is 13.6. The number of aryl methyl sites for hydroxylation is 2. The van der Waals surface area contributed by atoms with Crippen molar-refractivity contribution in [3.63, 3.8) is 0 Å². The molecule has 0 aromatic heterocycles. The van der Waals surface area contributed by atoms with Crippen LogP contribution in [0.5, 0.6) is 17.2 Å². The van der Waals surface area contributed by atoms with Crippen molar-refractivity contribution in [2.24, 2.45) is 4.99 Å². The van der Waals surface area contributed by atoms with Crippen LogP contribution >= 0.6 is 0 Å². The van der Waals surface area contributed by atoms with Crippen molar-refractivity contribution in [1.82, 2.24) is 14.7 Å². The van der Waals surface area contributed by atoms with Crippen molar-refractivity contribution in [3.05, 3.63) is 119 Å². The number of aliphatic imine (C=N–C) groups is 1. The first-order valence-electron chi connectivity index (χ1n) is 23.2. The number of fused-ring (bicyclic) bond motifs is 4. The number of carbonyl (C=O) groups excluding carboxylic acids is 4. The zero-order valence-corrected chi connectivity index (χ0v) is 39.0. The number of amides is 3. The predicted octanol–water partition coefficient (Wildman–Crippen LogP) is 7.69. The lowest BCUT2D eigenvalue weighted by atomic mass is 9.96. The number of esters is 1. The van der Waals surface area contributed by atoms with Gasteiger partial charge < -0.3 is 43.4 Å². The van der Waals surface area contributed by atoms with E-state index in [2.05, 4.69) is 45.8 Å². The highest BCUT2D eigenvalue weighted by molar-refractivity contribution is 6.05. The van der Waals surface area contributed by atoms with Crippen LogP contribution in [-0.4, -0.2) is 124 Å². The summed E-state index contributed by atoms with van der Waals surface area (Å²) in [7, 11) is 6.73. The number of ether oxygens (including phenoxy) is 4. The third kappa shape index (κ3) is 9.53. The average Bonchev–Trinajstić information content (AvgIpc) is 3.93. The fourth-order valence-corrected chi connectivity index (χ4v) is 9.57. The fourth-order valence-electron chi connectivity index (χ4n) is 9.57. The highest BCUT2D eigenvalue weighted by Gasteiger charge is 2.36. The number of hydrogen-bond donors (Lipinski definition) is 0. The number of likely N-dealkylation sites (N-methyl/N-ethyl adjacent to an activating group) is 1. The molecule has 3 amide bonds. The highest BCUT2D eigenvalue weighted by Crippen LogP contribution is 2.41. The number of rotatable bonds is 14. The summed E-state index contributed by atoms with van der Waals surface area (Å²) < 4.78 is 22.9. The van der Waals surface area contributed by atoms with Gasteiger partial charge in [-0.1, -0.05) is 24.3 Å². The lowest BCUT2D eigenvalue weighted by Gasteiger charge is -2.34. The van der Waals surface area contributed by atoms with Crippen LogP contribution in [0, 0.1) is 6.92 Å².